The third kappa shape index (κ3) is 4.08. The molecule has 0 aliphatic heterocycles. The van der Waals surface area contributed by atoms with Crippen LogP contribution in [0.2, 0.25) is 0 Å². The van der Waals surface area contributed by atoms with E-state index >= 15 is 0 Å². The first-order valence-electron chi connectivity index (χ1n) is 8.84. The molecule has 0 heterocycles. The van der Waals surface area contributed by atoms with Crippen LogP contribution in [0.3, 0.4) is 0 Å². The first kappa shape index (κ1) is 18.8. The largest absolute Gasteiger partial charge is 0.497 e. The summed E-state index contributed by atoms with van der Waals surface area (Å²) in [7, 11) is 1.59. The second-order valence-electron chi connectivity index (χ2n) is 6.40. The fourth-order valence-electron chi connectivity index (χ4n) is 3.44. The summed E-state index contributed by atoms with van der Waals surface area (Å²) in [5, 5.41) is 0. The van der Waals surface area contributed by atoms with Gasteiger partial charge >= 0.3 is 5.97 Å². The summed E-state index contributed by atoms with van der Waals surface area (Å²) in [4.78, 5) is 25.2. The molecule has 0 bridgehead atoms. The number of hydrogen-bond donors (Lipinski definition) is 0. The van der Waals surface area contributed by atoms with E-state index in [1.807, 2.05) is 24.3 Å². The molecule has 5 heteroatoms. The van der Waals surface area contributed by atoms with Gasteiger partial charge in [-0.1, -0.05) is 24.3 Å². The summed E-state index contributed by atoms with van der Waals surface area (Å²) in [6.07, 6.45) is 1.93. The van der Waals surface area contributed by atoms with Gasteiger partial charge in [-0.25, -0.2) is 4.39 Å². The number of rotatable bonds is 5. The molecule has 140 valence electrons. The van der Waals surface area contributed by atoms with Crippen LogP contribution in [0.15, 0.2) is 54.6 Å². The second-order valence-corrected chi connectivity index (χ2v) is 6.40. The van der Waals surface area contributed by atoms with Gasteiger partial charge in [0.2, 0.25) is 0 Å². The van der Waals surface area contributed by atoms with Gasteiger partial charge in [0.05, 0.1) is 13.7 Å². The lowest BCUT2D eigenvalue weighted by atomic mass is 9.73. The summed E-state index contributed by atoms with van der Waals surface area (Å²) in [5.41, 5.74) is 2.28. The standard InChI is InChI=1S/C22H21FO4/c1-3-27-22(25)21-19(15-5-4-6-17(23)11-15)12-16(13-20(21)24)14-7-9-18(26-2)10-8-14/h4-11,13,19,21H,3,12H2,1-2H3/t19-,21-/m0/s1. The Hall–Kier alpha value is -2.95. The first-order chi connectivity index (χ1) is 13.0. The van der Waals surface area contributed by atoms with Crippen LogP contribution in [0, 0.1) is 11.7 Å². The molecule has 0 amide bonds. The van der Waals surface area contributed by atoms with E-state index in [9.17, 15) is 14.0 Å². The lowest BCUT2D eigenvalue weighted by Crippen LogP contribution is -2.34. The van der Waals surface area contributed by atoms with E-state index in [1.54, 1.807) is 26.2 Å². The molecule has 1 aliphatic carbocycles. The number of carbonyl (C=O) groups is 2. The highest BCUT2D eigenvalue weighted by atomic mass is 19.1. The van der Waals surface area contributed by atoms with Gasteiger partial charge in [-0.2, -0.15) is 0 Å². The van der Waals surface area contributed by atoms with E-state index in [2.05, 4.69) is 0 Å². The number of allylic oxidation sites excluding steroid dienone is 2. The minimum Gasteiger partial charge on any atom is -0.497 e. The maximum absolute atomic E-state index is 13.8. The van der Waals surface area contributed by atoms with Gasteiger partial charge in [-0.15, -0.1) is 0 Å². The summed E-state index contributed by atoms with van der Waals surface area (Å²) in [6.45, 7) is 1.88. The van der Waals surface area contributed by atoms with Crippen LogP contribution in [-0.2, 0) is 14.3 Å². The maximum Gasteiger partial charge on any atom is 0.317 e. The fraction of sp³-hybridized carbons (Fsp3) is 0.273. The van der Waals surface area contributed by atoms with Gasteiger partial charge < -0.3 is 9.47 Å². The van der Waals surface area contributed by atoms with Crippen molar-refractivity contribution in [2.24, 2.45) is 5.92 Å². The number of ether oxygens (including phenoxy) is 2. The van der Waals surface area contributed by atoms with Crippen molar-refractivity contribution >= 4 is 17.3 Å². The van der Waals surface area contributed by atoms with Crippen molar-refractivity contribution in [1.82, 2.24) is 0 Å². The normalized spacial score (nSPS) is 19.4. The molecule has 0 fully saturated rings. The van der Waals surface area contributed by atoms with Gasteiger partial charge in [0, 0.05) is 5.92 Å². The summed E-state index contributed by atoms with van der Waals surface area (Å²) in [6, 6.07) is 13.4. The van der Waals surface area contributed by atoms with Crippen molar-refractivity contribution in [3.63, 3.8) is 0 Å². The molecule has 0 unspecified atom stereocenters. The smallest absolute Gasteiger partial charge is 0.317 e. The molecular formula is C22H21FO4. The van der Waals surface area contributed by atoms with Crippen molar-refractivity contribution in [2.75, 3.05) is 13.7 Å². The van der Waals surface area contributed by atoms with E-state index in [0.29, 0.717) is 17.7 Å². The Kier molecular flexibility index (Phi) is 5.69. The van der Waals surface area contributed by atoms with Gasteiger partial charge in [0.15, 0.2) is 5.78 Å². The molecule has 1 aliphatic rings. The van der Waals surface area contributed by atoms with Crippen molar-refractivity contribution < 1.29 is 23.5 Å². The Bertz CT molecular complexity index is 870. The van der Waals surface area contributed by atoms with E-state index in [4.69, 9.17) is 9.47 Å². The van der Waals surface area contributed by atoms with Crippen LogP contribution < -0.4 is 4.74 Å². The molecule has 0 aromatic heterocycles. The van der Waals surface area contributed by atoms with Crippen LogP contribution in [0.25, 0.3) is 5.57 Å². The quantitative estimate of drug-likeness (QED) is 0.588. The van der Waals surface area contributed by atoms with E-state index in [-0.39, 0.29) is 12.4 Å². The van der Waals surface area contributed by atoms with Gasteiger partial charge in [0.1, 0.15) is 17.5 Å². The zero-order valence-electron chi connectivity index (χ0n) is 15.3. The van der Waals surface area contributed by atoms with Crippen molar-refractivity contribution in [3.8, 4) is 5.75 Å². The van der Waals surface area contributed by atoms with Crippen molar-refractivity contribution in [3.05, 3.63) is 71.6 Å². The highest BCUT2D eigenvalue weighted by Gasteiger charge is 2.39. The minimum atomic E-state index is -0.964. The Labute approximate surface area is 157 Å². The molecule has 2 aromatic rings. The number of hydrogen-bond acceptors (Lipinski definition) is 4. The molecule has 27 heavy (non-hydrogen) atoms. The highest BCUT2D eigenvalue weighted by Crippen LogP contribution is 2.40. The third-order valence-electron chi connectivity index (χ3n) is 4.74. The molecule has 2 aromatic carbocycles. The number of carbonyl (C=O) groups excluding carboxylic acids is 2. The average molecular weight is 368 g/mol. The second kappa shape index (κ2) is 8.16. The third-order valence-corrected chi connectivity index (χ3v) is 4.74. The molecule has 3 rings (SSSR count). The maximum atomic E-state index is 13.8. The van der Waals surface area contributed by atoms with Crippen molar-refractivity contribution in [1.29, 1.82) is 0 Å². The molecule has 0 radical (unpaired) electrons. The van der Waals surface area contributed by atoms with Crippen LogP contribution >= 0.6 is 0 Å². The first-order valence-corrected chi connectivity index (χ1v) is 8.84. The molecule has 2 atom stereocenters. The Morgan fingerprint density at radius 2 is 1.93 bits per heavy atom. The van der Waals surface area contributed by atoms with Crippen molar-refractivity contribution in [2.45, 2.75) is 19.3 Å². The predicted molar refractivity (Wildman–Crippen MR) is 99.9 cm³/mol. The fourth-order valence-corrected chi connectivity index (χ4v) is 3.44. The average Bonchev–Trinajstić information content (AvgIpc) is 2.67. The van der Waals surface area contributed by atoms with Gasteiger partial charge in [-0.05, 0) is 60.4 Å². The number of halogens is 1. The zero-order chi connectivity index (χ0) is 19.4. The summed E-state index contributed by atoms with van der Waals surface area (Å²) < 4.78 is 24.0. The molecule has 0 saturated carbocycles. The Balaban J connectivity index is 2.00. The monoisotopic (exact) mass is 368 g/mol. The van der Waals surface area contributed by atoms with Gasteiger partial charge in [-0.3, -0.25) is 9.59 Å². The predicted octanol–water partition coefficient (Wildman–Crippen LogP) is 4.15. The number of ketones is 1. The highest BCUT2D eigenvalue weighted by molar-refractivity contribution is 6.10. The summed E-state index contributed by atoms with van der Waals surface area (Å²) in [5.74, 6) is -2.01. The zero-order valence-corrected chi connectivity index (χ0v) is 15.3. The molecule has 0 spiro atoms. The Morgan fingerprint density at radius 3 is 2.56 bits per heavy atom. The topological polar surface area (TPSA) is 52.6 Å². The van der Waals surface area contributed by atoms with Crippen LogP contribution in [0.1, 0.15) is 30.4 Å². The SMILES string of the molecule is CCOC(=O)[C@@H]1C(=O)C=C(c2ccc(OC)cc2)C[C@H]1c1cccc(F)c1. The van der Waals surface area contributed by atoms with E-state index in [1.165, 1.54) is 18.2 Å². The lowest BCUT2D eigenvalue weighted by molar-refractivity contribution is -0.151. The summed E-state index contributed by atoms with van der Waals surface area (Å²) >= 11 is 0. The number of esters is 1. The molecule has 0 N–H and O–H groups in total. The van der Waals surface area contributed by atoms with Crippen LogP contribution in [0.4, 0.5) is 4.39 Å². The molecule has 0 saturated heterocycles. The number of benzene rings is 2. The number of methoxy groups -OCH3 is 1. The van der Waals surface area contributed by atoms with Crippen LogP contribution in [0.5, 0.6) is 5.75 Å². The Morgan fingerprint density at radius 1 is 1.19 bits per heavy atom. The van der Waals surface area contributed by atoms with E-state index < -0.39 is 23.6 Å². The minimum absolute atomic E-state index is 0.188. The van der Waals surface area contributed by atoms with Gasteiger partial charge in [0.25, 0.3) is 0 Å². The lowest BCUT2D eigenvalue weighted by Gasteiger charge is -2.29. The van der Waals surface area contributed by atoms with Crippen LogP contribution in [-0.4, -0.2) is 25.5 Å². The van der Waals surface area contributed by atoms with E-state index in [0.717, 1.165) is 11.1 Å². The molecular weight excluding hydrogens is 347 g/mol. The molecule has 4 nitrogen and oxygen atoms in total.